The molecule has 0 aliphatic rings. The van der Waals surface area contributed by atoms with Crippen LogP contribution in [-0.2, 0) is 0 Å². The van der Waals surface area contributed by atoms with Gasteiger partial charge in [0.05, 0.1) is 11.0 Å². The Labute approximate surface area is 103 Å². The molecule has 0 spiro atoms. The highest BCUT2D eigenvalue weighted by Gasteiger charge is 2.18. The van der Waals surface area contributed by atoms with E-state index in [2.05, 4.69) is 20.3 Å². The Balaban J connectivity index is 2.26. The number of rotatable bonds is 4. The topological polar surface area (TPSA) is 96.7 Å². The Morgan fingerprint density at radius 3 is 2.89 bits per heavy atom. The van der Waals surface area contributed by atoms with E-state index in [9.17, 15) is 10.1 Å². The van der Waals surface area contributed by atoms with Gasteiger partial charge < -0.3 is 10.3 Å². The van der Waals surface area contributed by atoms with Crippen LogP contribution in [0.5, 0.6) is 0 Å². The summed E-state index contributed by atoms with van der Waals surface area (Å²) in [6.45, 7) is 3.61. The molecule has 1 unspecified atom stereocenters. The van der Waals surface area contributed by atoms with Gasteiger partial charge in [0.2, 0.25) is 5.82 Å². The highest BCUT2D eigenvalue weighted by molar-refractivity contribution is 5.57. The van der Waals surface area contributed by atoms with E-state index >= 15 is 0 Å². The summed E-state index contributed by atoms with van der Waals surface area (Å²) < 4.78 is 0. The lowest BCUT2D eigenvalue weighted by molar-refractivity contribution is -0.384. The normalized spacial score (nSPS) is 12.1. The summed E-state index contributed by atoms with van der Waals surface area (Å²) in [6, 6.07) is 1.30. The van der Waals surface area contributed by atoms with Crippen LogP contribution in [0.25, 0.3) is 0 Å². The minimum absolute atomic E-state index is 0.0339. The van der Waals surface area contributed by atoms with Crippen molar-refractivity contribution in [2.75, 3.05) is 5.32 Å². The molecule has 0 fully saturated rings. The zero-order valence-electron chi connectivity index (χ0n) is 10.0. The van der Waals surface area contributed by atoms with Gasteiger partial charge in [0.25, 0.3) is 0 Å². The first kappa shape index (κ1) is 12.0. The van der Waals surface area contributed by atoms with E-state index in [0.29, 0.717) is 5.82 Å². The number of hydrogen-bond donors (Lipinski definition) is 2. The summed E-state index contributed by atoms with van der Waals surface area (Å²) in [5.41, 5.74) is 0.714. The van der Waals surface area contributed by atoms with Gasteiger partial charge >= 0.3 is 5.69 Å². The van der Waals surface area contributed by atoms with Crippen molar-refractivity contribution in [1.82, 2.24) is 15.0 Å². The van der Waals surface area contributed by atoms with Crippen molar-refractivity contribution < 1.29 is 4.92 Å². The number of imidazole rings is 1. The first-order valence-corrected chi connectivity index (χ1v) is 5.45. The molecule has 0 aliphatic heterocycles. The van der Waals surface area contributed by atoms with Crippen LogP contribution in [0.3, 0.4) is 0 Å². The molecule has 2 aromatic rings. The second-order valence-electron chi connectivity index (χ2n) is 3.98. The van der Waals surface area contributed by atoms with Gasteiger partial charge in [-0.3, -0.25) is 10.1 Å². The maximum absolute atomic E-state index is 10.9. The Morgan fingerprint density at radius 2 is 2.28 bits per heavy atom. The van der Waals surface area contributed by atoms with Crippen LogP contribution in [0, 0.1) is 17.0 Å². The molecule has 2 rings (SSSR count). The fourth-order valence-electron chi connectivity index (χ4n) is 1.59. The zero-order chi connectivity index (χ0) is 13.1. The molecular weight excluding hydrogens is 234 g/mol. The Hall–Kier alpha value is -2.44. The van der Waals surface area contributed by atoms with Crippen molar-refractivity contribution in [3.8, 4) is 0 Å². The molecule has 2 aromatic heterocycles. The number of aromatic amines is 1. The molecule has 2 N–H and O–H groups in total. The van der Waals surface area contributed by atoms with Crippen LogP contribution in [0.15, 0.2) is 24.7 Å². The van der Waals surface area contributed by atoms with Crippen LogP contribution in [0.2, 0.25) is 0 Å². The molecule has 7 nitrogen and oxygen atoms in total. The van der Waals surface area contributed by atoms with Crippen molar-refractivity contribution in [2.24, 2.45) is 0 Å². The van der Waals surface area contributed by atoms with Crippen LogP contribution in [-0.4, -0.2) is 19.9 Å². The monoisotopic (exact) mass is 247 g/mol. The molecule has 0 radical (unpaired) electrons. The Kier molecular flexibility index (Phi) is 3.22. The smallest absolute Gasteiger partial charge is 0.311 e. The summed E-state index contributed by atoms with van der Waals surface area (Å²) in [4.78, 5) is 21.6. The standard InChI is InChI=1S/C11H13N5O2/c1-7-5-9(16(17)18)11(14-6-7)15-8(2)10-12-3-4-13-10/h3-6,8H,1-2H3,(H,12,13)(H,14,15). The van der Waals surface area contributed by atoms with Crippen LogP contribution >= 0.6 is 0 Å². The van der Waals surface area contributed by atoms with E-state index in [1.807, 2.05) is 6.92 Å². The molecule has 18 heavy (non-hydrogen) atoms. The minimum Gasteiger partial charge on any atom is -0.355 e. The highest BCUT2D eigenvalue weighted by atomic mass is 16.6. The number of aryl methyl sites for hydroxylation is 1. The maximum atomic E-state index is 10.9. The van der Waals surface area contributed by atoms with Crippen molar-refractivity contribution in [2.45, 2.75) is 19.9 Å². The van der Waals surface area contributed by atoms with Crippen molar-refractivity contribution in [3.05, 3.63) is 46.2 Å². The minimum atomic E-state index is -0.447. The van der Waals surface area contributed by atoms with Crippen LogP contribution in [0.4, 0.5) is 11.5 Å². The average molecular weight is 247 g/mol. The average Bonchev–Trinajstić information content (AvgIpc) is 2.84. The first-order valence-electron chi connectivity index (χ1n) is 5.45. The van der Waals surface area contributed by atoms with E-state index in [4.69, 9.17) is 0 Å². The third-order valence-electron chi connectivity index (χ3n) is 2.48. The van der Waals surface area contributed by atoms with Gasteiger partial charge in [-0.15, -0.1) is 0 Å². The van der Waals surface area contributed by atoms with E-state index < -0.39 is 4.92 Å². The SMILES string of the molecule is Cc1cnc(NC(C)c2ncc[nH]2)c([N+](=O)[O-])c1. The lowest BCUT2D eigenvalue weighted by Crippen LogP contribution is -2.11. The summed E-state index contributed by atoms with van der Waals surface area (Å²) >= 11 is 0. The van der Waals surface area contributed by atoms with E-state index in [1.54, 1.807) is 25.5 Å². The van der Waals surface area contributed by atoms with Gasteiger partial charge in [-0.2, -0.15) is 0 Å². The van der Waals surface area contributed by atoms with Crippen molar-refractivity contribution in [3.63, 3.8) is 0 Å². The molecule has 2 heterocycles. The second-order valence-corrected chi connectivity index (χ2v) is 3.98. The van der Waals surface area contributed by atoms with E-state index in [1.165, 1.54) is 6.07 Å². The largest absolute Gasteiger partial charge is 0.355 e. The molecule has 0 saturated carbocycles. The number of hydrogen-bond acceptors (Lipinski definition) is 5. The number of nitro groups is 1. The number of H-pyrrole nitrogens is 1. The predicted molar refractivity (Wildman–Crippen MR) is 66.3 cm³/mol. The third kappa shape index (κ3) is 2.45. The van der Waals surface area contributed by atoms with Gasteiger partial charge in [-0.1, -0.05) is 0 Å². The number of aromatic nitrogens is 3. The van der Waals surface area contributed by atoms with E-state index in [0.717, 1.165) is 5.56 Å². The molecule has 94 valence electrons. The fraction of sp³-hybridized carbons (Fsp3) is 0.273. The summed E-state index contributed by atoms with van der Waals surface area (Å²) in [6.07, 6.45) is 4.92. The summed E-state index contributed by atoms with van der Waals surface area (Å²) in [7, 11) is 0. The molecule has 0 aromatic carbocycles. The molecule has 7 heteroatoms. The maximum Gasteiger partial charge on any atom is 0.311 e. The van der Waals surface area contributed by atoms with Gasteiger partial charge in [0.1, 0.15) is 5.82 Å². The lowest BCUT2D eigenvalue weighted by atomic mass is 10.2. The number of nitrogens with one attached hydrogen (secondary N) is 2. The number of pyridine rings is 1. The Bertz CT molecular complexity index is 553. The molecule has 0 saturated heterocycles. The molecule has 0 bridgehead atoms. The third-order valence-corrected chi connectivity index (χ3v) is 2.48. The molecular formula is C11H13N5O2. The van der Waals surface area contributed by atoms with Gasteiger partial charge in [-0.05, 0) is 19.4 Å². The van der Waals surface area contributed by atoms with Crippen LogP contribution in [0.1, 0.15) is 24.4 Å². The molecule has 1 atom stereocenters. The van der Waals surface area contributed by atoms with E-state index in [-0.39, 0.29) is 17.5 Å². The van der Waals surface area contributed by atoms with Crippen molar-refractivity contribution >= 4 is 11.5 Å². The molecule has 0 aliphatic carbocycles. The predicted octanol–water partition coefficient (Wildman–Crippen LogP) is 2.19. The molecule has 0 amide bonds. The number of nitrogens with zero attached hydrogens (tertiary/aromatic N) is 3. The fourth-order valence-corrected chi connectivity index (χ4v) is 1.59. The van der Waals surface area contributed by atoms with Gasteiger partial charge in [-0.25, -0.2) is 9.97 Å². The van der Waals surface area contributed by atoms with Gasteiger partial charge in [0.15, 0.2) is 0 Å². The highest BCUT2D eigenvalue weighted by Crippen LogP contribution is 2.25. The van der Waals surface area contributed by atoms with Crippen molar-refractivity contribution in [1.29, 1.82) is 0 Å². The summed E-state index contributed by atoms with van der Waals surface area (Å²) in [5, 5.41) is 13.9. The first-order chi connectivity index (χ1) is 8.58. The second kappa shape index (κ2) is 4.82. The quantitative estimate of drug-likeness (QED) is 0.637. The summed E-state index contributed by atoms with van der Waals surface area (Å²) in [5.74, 6) is 0.946. The lowest BCUT2D eigenvalue weighted by Gasteiger charge is -2.12. The zero-order valence-corrected chi connectivity index (χ0v) is 10.0. The van der Waals surface area contributed by atoms with Crippen LogP contribution < -0.4 is 5.32 Å². The number of anilines is 1. The Morgan fingerprint density at radius 1 is 1.50 bits per heavy atom. The van der Waals surface area contributed by atoms with Gasteiger partial charge in [0, 0.05) is 24.7 Å².